The van der Waals surface area contributed by atoms with Gasteiger partial charge in [-0.2, -0.15) is 0 Å². The molecular weight excluding hydrogens is 210 g/mol. The van der Waals surface area contributed by atoms with Gasteiger partial charge in [-0.05, 0) is 32.0 Å². The van der Waals surface area contributed by atoms with Gasteiger partial charge in [-0.25, -0.2) is 4.98 Å². The van der Waals surface area contributed by atoms with E-state index in [1.165, 1.54) is 5.56 Å². The highest BCUT2D eigenvalue weighted by molar-refractivity contribution is 5.42. The first-order chi connectivity index (χ1) is 8.22. The Bertz CT molecular complexity index is 393. The smallest absolute Gasteiger partial charge is 0.129 e. The molecule has 0 spiro atoms. The van der Waals surface area contributed by atoms with Gasteiger partial charge in [0.05, 0.1) is 6.54 Å². The normalized spacial score (nSPS) is 10.0. The number of anilines is 1. The Kier molecular flexibility index (Phi) is 5.51. The summed E-state index contributed by atoms with van der Waals surface area (Å²) in [4.78, 5) is 6.75. The highest BCUT2D eigenvalue weighted by atomic mass is 15.2. The van der Waals surface area contributed by atoms with Crippen LogP contribution in [0.4, 0.5) is 5.82 Å². The van der Waals surface area contributed by atoms with Crippen molar-refractivity contribution in [2.24, 2.45) is 0 Å². The van der Waals surface area contributed by atoms with E-state index in [-0.39, 0.29) is 0 Å². The van der Waals surface area contributed by atoms with Gasteiger partial charge in [0.2, 0.25) is 0 Å². The minimum absolute atomic E-state index is 0.617. The summed E-state index contributed by atoms with van der Waals surface area (Å²) in [6.45, 7) is 6.59. The predicted octanol–water partition coefficient (Wildman–Crippen LogP) is 1.96. The third kappa shape index (κ3) is 3.76. The zero-order valence-corrected chi connectivity index (χ0v) is 11.0. The van der Waals surface area contributed by atoms with Crippen LogP contribution in [0.15, 0.2) is 12.1 Å². The van der Waals surface area contributed by atoms with Crippen LogP contribution >= 0.6 is 0 Å². The molecule has 0 saturated heterocycles. The highest BCUT2D eigenvalue weighted by Gasteiger charge is 2.07. The maximum Gasteiger partial charge on any atom is 0.129 e. The first-order valence-electron chi connectivity index (χ1n) is 6.02. The van der Waals surface area contributed by atoms with Crippen molar-refractivity contribution >= 4 is 5.82 Å². The summed E-state index contributed by atoms with van der Waals surface area (Å²) in [5.41, 5.74) is 2.29. The number of terminal acetylenes is 1. The summed E-state index contributed by atoms with van der Waals surface area (Å²) in [7, 11) is 1.94. The quantitative estimate of drug-likeness (QED) is 0.759. The van der Waals surface area contributed by atoms with Gasteiger partial charge in [0.15, 0.2) is 0 Å². The van der Waals surface area contributed by atoms with E-state index in [9.17, 15) is 0 Å². The molecular formula is C14H21N3. The fourth-order valence-electron chi connectivity index (χ4n) is 1.78. The molecule has 0 bridgehead atoms. The molecule has 0 atom stereocenters. The summed E-state index contributed by atoms with van der Waals surface area (Å²) in [5, 5.41) is 3.14. The minimum Gasteiger partial charge on any atom is -0.345 e. The fourth-order valence-corrected chi connectivity index (χ4v) is 1.78. The summed E-state index contributed by atoms with van der Waals surface area (Å²) >= 11 is 0. The van der Waals surface area contributed by atoms with Crippen LogP contribution < -0.4 is 10.2 Å². The third-order valence-corrected chi connectivity index (χ3v) is 2.65. The van der Waals surface area contributed by atoms with Crippen molar-refractivity contribution in [3.05, 3.63) is 23.4 Å². The second-order valence-electron chi connectivity index (χ2n) is 4.07. The van der Waals surface area contributed by atoms with Gasteiger partial charge >= 0.3 is 0 Å². The lowest BCUT2D eigenvalue weighted by molar-refractivity contribution is 0.786. The van der Waals surface area contributed by atoms with Gasteiger partial charge in [-0.15, -0.1) is 6.42 Å². The Hall–Kier alpha value is -1.53. The van der Waals surface area contributed by atoms with Crippen LogP contribution in [0, 0.1) is 19.3 Å². The lowest BCUT2D eigenvalue weighted by Crippen LogP contribution is -2.25. The molecule has 0 aliphatic heterocycles. The van der Waals surface area contributed by atoms with Crippen molar-refractivity contribution in [2.45, 2.75) is 26.8 Å². The van der Waals surface area contributed by atoms with Crippen LogP contribution in [0.25, 0.3) is 0 Å². The molecule has 1 rings (SSSR count). The van der Waals surface area contributed by atoms with Crippen LogP contribution in [0.5, 0.6) is 0 Å². The van der Waals surface area contributed by atoms with Crippen molar-refractivity contribution in [1.29, 1.82) is 0 Å². The molecule has 1 aromatic rings. The van der Waals surface area contributed by atoms with Crippen LogP contribution in [0.3, 0.4) is 0 Å². The van der Waals surface area contributed by atoms with E-state index < -0.39 is 0 Å². The van der Waals surface area contributed by atoms with Crippen LogP contribution in [0.2, 0.25) is 0 Å². The van der Waals surface area contributed by atoms with E-state index in [2.05, 4.69) is 34.1 Å². The Morgan fingerprint density at radius 1 is 1.47 bits per heavy atom. The van der Waals surface area contributed by atoms with Gasteiger partial charge < -0.3 is 10.2 Å². The number of rotatable bonds is 6. The molecule has 0 amide bonds. The second kappa shape index (κ2) is 6.93. The summed E-state index contributed by atoms with van der Waals surface area (Å²) in [6.07, 6.45) is 6.45. The molecule has 0 aromatic carbocycles. The second-order valence-corrected chi connectivity index (χ2v) is 4.07. The van der Waals surface area contributed by atoms with Gasteiger partial charge in [0.1, 0.15) is 5.82 Å². The standard InChI is InChI=1S/C14H21N3/c1-5-9-17(10-6-2)14-8-7-13(11-15-4)12(3)16-14/h1,7-8,15H,6,9-11H2,2-4H3. The van der Waals surface area contributed by atoms with E-state index in [0.717, 1.165) is 31.0 Å². The zero-order valence-electron chi connectivity index (χ0n) is 11.0. The Morgan fingerprint density at radius 2 is 2.24 bits per heavy atom. The average molecular weight is 231 g/mol. The molecule has 0 fully saturated rings. The number of nitrogens with one attached hydrogen (secondary N) is 1. The highest BCUT2D eigenvalue weighted by Crippen LogP contribution is 2.15. The number of aryl methyl sites for hydroxylation is 1. The van der Waals surface area contributed by atoms with Gasteiger partial charge in [0, 0.05) is 18.8 Å². The minimum atomic E-state index is 0.617. The van der Waals surface area contributed by atoms with Gasteiger partial charge in [0.25, 0.3) is 0 Å². The number of hydrogen-bond donors (Lipinski definition) is 1. The lowest BCUT2D eigenvalue weighted by atomic mass is 10.2. The number of nitrogens with zero attached hydrogens (tertiary/aromatic N) is 2. The van der Waals surface area contributed by atoms with Crippen LogP contribution in [0.1, 0.15) is 24.6 Å². The maximum atomic E-state index is 5.38. The summed E-state index contributed by atoms with van der Waals surface area (Å²) < 4.78 is 0. The number of aromatic nitrogens is 1. The first kappa shape index (κ1) is 13.5. The molecule has 1 N–H and O–H groups in total. The lowest BCUT2D eigenvalue weighted by Gasteiger charge is -2.21. The molecule has 0 aliphatic carbocycles. The Balaban J connectivity index is 2.90. The molecule has 0 aliphatic rings. The first-order valence-corrected chi connectivity index (χ1v) is 6.02. The third-order valence-electron chi connectivity index (χ3n) is 2.65. The number of pyridine rings is 1. The van der Waals surface area contributed by atoms with Crippen molar-refractivity contribution < 1.29 is 0 Å². The molecule has 3 heteroatoms. The van der Waals surface area contributed by atoms with Gasteiger partial charge in [-0.1, -0.05) is 18.9 Å². The van der Waals surface area contributed by atoms with E-state index >= 15 is 0 Å². The molecule has 92 valence electrons. The van der Waals surface area contributed by atoms with E-state index in [1.54, 1.807) is 0 Å². The SMILES string of the molecule is C#CCN(CCC)c1ccc(CNC)c(C)n1. The monoisotopic (exact) mass is 231 g/mol. The van der Waals surface area contributed by atoms with Crippen molar-refractivity contribution in [3.63, 3.8) is 0 Å². The Labute approximate surface area is 104 Å². The zero-order chi connectivity index (χ0) is 12.7. The molecule has 0 saturated carbocycles. The molecule has 1 aromatic heterocycles. The average Bonchev–Trinajstić information content (AvgIpc) is 2.32. The maximum absolute atomic E-state index is 5.38. The molecule has 0 radical (unpaired) electrons. The van der Waals surface area contributed by atoms with E-state index in [1.807, 2.05) is 20.0 Å². The van der Waals surface area contributed by atoms with E-state index in [0.29, 0.717) is 6.54 Å². The molecule has 3 nitrogen and oxygen atoms in total. The number of hydrogen-bond acceptors (Lipinski definition) is 3. The van der Waals surface area contributed by atoms with Crippen LogP contribution in [-0.2, 0) is 6.54 Å². The van der Waals surface area contributed by atoms with Crippen LogP contribution in [-0.4, -0.2) is 25.1 Å². The largest absolute Gasteiger partial charge is 0.345 e. The molecule has 1 heterocycles. The summed E-state index contributed by atoms with van der Waals surface area (Å²) in [6, 6.07) is 4.17. The molecule has 17 heavy (non-hydrogen) atoms. The van der Waals surface area contributed by atoms with Crippen molar-refractivity contribution in [2.75, 3.05) is 25.0 Å². The molecule has 0 unspecified atom stereocenters. The fraction of sp³-hybridized carbons (Fsp3) is 0.500. The predicted molar refractivity (Wildman–Crippen MR) is 73.1 cm³/mol. The van der Waals surface area contributed by atoms with Crippen molar-refractivity contribution in [3.8, 4) is 12.3 Å². The topological polar surface area (TPSA) is 28.2 Å². The van der Waals surface area contributed by atoms with E-state index in [4.69, 9.17) is 6.42 Å². The van der Waals surface area contributed by atoms with Crippen molar-refractivity contribution in [1.82, 2.24) is 10.3 Å². The van der Waals surface area contributed by atoms with Gasteiger partial charge in [-0.3, -0.25) is 0 Å². The Morgan fingerprint density at radius 3 is 2.76 bits per heavy atom. The summed E-state index contributed by atoms with van der Waals surface area (Å²) in [5.74, 6) is 3.66.